The number of anilines is 1. The van der Waals surface area contributed by atoms with E-state index in [2.05, 4.69) is 16.9 Å². The molecule has 0 amide bonds. The predicted octanol–water partition coefficient (Wildman–Crippen LogP) is 2.23. The van der Waals surface area contributed by atoms with Crippen LogP contribution in [-0.2, 0) is 0 Å². The fourth-order valence-corrected chi connectivity index (χ4v) is 1.79. The average Bonchev–Trinajstić information content (AvgIpc) is 2.81. The lowest BCUT2D eigenvalue weighted by Gasteiger charge is -2.24. The summed E-state index contributed by atoms with van der Waals surface area (Å²) in [6.45, 7) is 4.70. The molecule has 0 bridgehead atoms. The van der Waals surface area contributed by atoms with Crippen LogP contribution in [0.3, 0.4) is 0 Å². The summed E-state index contributed by atoms with van der Waals surface area (Å²) in [5.74, 6) is 0. The van der Waals surface area contributed by atoms with E-state index in [4.69, 9.17) is 0 Å². The minimum absolute atomic E-state index is 0.438. The van der Waals surface area contributed by atoms with Gasteiger partial charge in [-0.1, -0.05) is 0 Å². The van der Waals surface area contributed by atoms with Crippen molar-refractivity contribution >= 4 is 5.69 Å². The smallest absolute Gasteiger partial charge is 0.0777 e. The number of pyridine rings is 1. The summed E-state index contributed by atoms with van der Waals surface area (Å²) in [6.07, 6.45) is 7.00. The van der Waals surface area contributed by atoms with Gasteiger partial charge in [-0.25, -0.2) is 0 Å². The third-order valence-corrected chi connectivity index (χ3v) is 2.72. The molecule has 1 unspecified atom stereocenters. The molecule has 0 aliphatic heterocycles. The number of aliphatic hydroxyl groups excluding tert-OH is 1. The van der Waals surface area contributed by atoms with Crippen LogP contribution in [0.1, 0.15) is 25.5 Å². The van der Waals surface area contributed by atoms with E-state index in [9.17, 15) is 5.11 Å². The van der Waals surface area contributed by atoms with Crippen molar-refractivity contribution in [2.24, 2.45) is 0 Å². The molecular formula is C13H17N3O. The molecule has 0 spiro atoms. The van der Waals surface area contributed by atoms with Crippen molar-refractivity contribution in [2.45, 2.75) is 20.0 Å². The standard InChI is InChI=1S/C13H17N3O/c1-3-16(13-4-7-14-8-5-13)15-9-6-12(10-15)11(2)17/h4-11,17H,3H2,1-2H3. The molecule has 1 atom stereocenters. The van der Waals surface area contributed by atoms with Crippen LogP contribution >= 0.6 is 0 Å². The van der Waals surface area contributed by atoms with Gasteiger partial charge in [0.05, 0.1) is 11.8 Å². The molecule has 0 fully saturated rings. The van der Waals surface area contributed by atoms with Crippen molar-refractivity contribution in [2.75, 3.05) is 11.6 Å². The monoisotopic (exact) mass is 231 g/mol. The van der Waals surface area contributed by atoms with Crippen molar-refractivity contribution < 1.29 is 5.11 Å². The van der Waals surface area contributed by atoms with Gasteiger partial charge in [-0.05, 0) is 37.6 Å². The van der Waals surface area contributed by atoms with E-state index in [-0.39, 0.29) is 0 Å². The van der Waals surface area contributed by atoms with E-state index in [1.807, 2.05) is 35.3 Å². The Morgan fingerprint density at radius 1 is 1.35 bits per heavy atom. The van der Waals surface area contributed by atoms with Crippen molar-refractivity contribution in [3.63, 3.8) is 0 Å². The van der Waals surface area contributed by atoms with Crippen LogP contribution in [0.2, 0.25) is 0 Å². The summed E-state index contributed by atoms with van der Waals surface area (Å²) in [5, 5.41) is 11.6. The van der Waals surface area contributed by atoms with Gasteiger partial charge in [0.25, 0.3) is 0 Å². The second-order valence-electron chi connectivity index (χ2n) is 3.92. The number of aliphatic hydroxyl groups is 1. The third-order valence-electron chi connectivity index (χ3n) is 2.72. The van der Waals surface area contributed by atoms with E-state index in [0.29, 0.717) is 0 Å². The number of nitrogens with zero attached hydrogens (tertiary/aromatic N) is 3. The first-order valence-electron chi connectivity index (χ1n) is 5.76. The van der Waals surface area contributed by atoms with E-state index < -0.39 is 6.10 Å². The van der Waals surface area contributed by atoms with Crippen molar-refractivity contribution in [1.29, 1.82) is 0 Å². The van der Waals surface area contributed by atoms with Crippen LogP contribution in [0.25, 0.3) is 0 Å². The highest BCUT2D eigenvalue weighted by molar-refractivity contribution is 5.44. The summed E-state index contributed by atoms with van der Waals surface area (Å²) in [4.78, 5) is 4.01. The first kappa shape index (κ1) is 11.7. The minimum Gasteiger partial charge on any atom is -0.389 e. The Balaban J connectivity index is 2.29. The van der Waals surface area contributed by atoms with Gasteiger partial charge in [0.1, 0.15) is 0 Å². The van der Waals surface area contributed by atoms with Gasteiger partial charge in [0.2, 0.25) is 0 Å². The minimum atomic E-state index is -0.438. The lowest BCUT2D eigenvalue weighted by molar-refractivity contribution is 0.199. The molecule has 17 heavy (non-hydrogen) atoms. The maximum Gasteiger partial charge on any atom is 0.0777 e. The Bertz CT molecular complexity index is 465. The van der Waals surface area contributed by atoms with E-state index in [1.165, 1.54) is 0 Å². The Morgan fingerprint density at radius 2 is 2.06 bits per heavy atom. The Morgan fingerprint density at radius 3 is 2.59 bits per heavy atom. The molecule has 0 aliphatic carbocycles. The molecule has 4 heteroatoms. The third kappa shape index (κ3) is 2.47. The molecule has 0 aromatic carbocycles. The summed E-state index contributed by atoms with van der Waals surface area (Å²) in [6, 6.07) is 5.85. The fraction of sp³-hybridized carbons (Fsp3) is 0.308. The summed E-state index contributed by atoms with van der Waals surface area (Å²) in [7, 11) is 0. The van der Waals surface area contributed by atoms with Crippen LogP contribution in [0.5, 0.6) is 0 Å². The summed E-state index contributed by atoms with van der Waals surface area (Å²) >= 11 is 0. The lowest BCUT2D eigenvalue weighted by Crippen LogP contribution is -2.27. The maximum absolute atomic E-state index is 9.52. The molecule has 2 aromatic rings. The molecule has 1 N–H and O–H groups in total. The Hall–Kier alpha value is -1.81. The lowest BCUT2D eigenvalue weighted by atomic mass is 10.2. The highest BCUT2D eigenvalue weighted by atomic mass is 16.3. The van der Waals surface area contributed by atoms with Crippen molar-refractivity contribution in [1.82, 2.24) is 9.66 Å². The Labute approximate surface area is 101 Å². The van der Waals surface area contributed by atoms with Crippen LogP contribution in [-0.4, -0.2) is 21.3 Å². The molecule has 2 heterocycles. The first-order chi connectivity index (χ1) is 8.22. The highest BCUT2D eigenvalue weighted by Crippen LogP contribution is 2.17. The van der Waals surface area contributed by atoms with Crippen molar-refractivity contribution in [3.05, 3.63) is 48.5 Å². The van der Waals surface area contributed by atoms with Crippen LogP contribution in [0.15, 0.2) is 43.0 Å². The van der Waals surface area contributed by atoms with Gasteiger partial charge in [0, 0.05) is 31.3 Å². The molecule has 0 radical (unpaired) electrons. The molecule has 2 aromatic heterocycles. The summed E-state index contributed by atoms with van der Waals surface area (Å²) < 4.78 is 1.98. The van der Waals surface area contributed by atoms with Crippen LogP contribution in [0.4, 0.5) is 5.69 Å². The summed E-state index contributed by atoms with van der Waals surface area (Å²) in [5.41, 5.74) is 1.99. The SMILES string of the molecule is CCN(c1ccncc1)n1ccc(C(C)O)c1. The number of hydrogen-bond donors (Lipinski definition) is 1. The molecule has 4 nitrogen and oxygen atoms in total. The normalized spacial score (nSPS) is 12.4. The van der Waals surface area contributed by atoms with Crippen LogP contribution in [0, 0.1) is 0 Å². The van der Waals surface area contributed by atoms with Crippen molar-refractivity contribution in [3.8, 4) is 0 Å². The molecule has 0 saturated carbocycles. The zero-order chi connectivity index (χ0) is 12.3. The zero-order valence-electron chi connectivity index (χ0n) is 10.1. The molecule has 90 valence electrons. The van der Waals surface area contributed by atoms with Gasteiger partial charge in [-0.15, -0.1) is 0 Å². The molecule has 0 saturated heterocycles. The predicted molar refractivity (Wildman–Crippen MR) is 67.7 cm³/mol. The zero-order valence-corrected chi connectivity index (χ0v) is 10.1. The molecule has 0 aliphatic rings. The van der Waals surface area contributed by atoms with Gasteiger partial charge in [-0.2, -0.15) is 0 Å². The highest BCUT2D eigenvalue weighted by Gasteiger charge is 2.08. The van der Waals surface area contributed by atoms with E-state index in [1.54, 1.807) is 19.3 Å². The molecule has 2 rings (SSSR count). The second kappa shape index (κ2) is 5.01. The second-order valence-corrected chi connectivity index (χ2v) is 3.92. The number of rotatable bonds is 4. The molecular weight excluding hydrogens is 214 g/mol. The number of hydrogen-bond acceptors (Lipinski definition) is 3. The van der Waals surface area contributed by atoms with Gasteiger partial charge in [-0.3, -0.25) is 14.7 Å². The Kier molecular flexibility index (Phi) is 3.44. The average molecular weight is 231 g/mol. The quantitative estimate of drug-likeness (QED) is 0.877. The largest absolute Gasteiger partial charge is 0.389 e. The fourth-order valence-electron chi connectivity index (χ4n) is 1.79. The van der Waals surface area contributed by atoms with Gasteiger partial charge < -0.3 is 5.11 Å². The van der Waals surface area contributed by atoms with Crippen LogP contribution < -0.4 is 5.01 Å². The maximum atomic E-state index is 9.52. The van der Waals surface area contributed by atoms with E-state index >= 15 is 0 Å². The number of aromatic nitrogens is 2. The van der Waals surface area contributed by atoms with E-state index in [0.717, 1.165) is 17.8 Å². The first-order valence-corrected chi connectivity index (χ1v) is 5.76. The van der Waals surface area contributed by atoms with Gasteiger partial charge >= 0.3 is 0 Å². The topological polar surface area (TPSA) is 41.3 Å². The van der Waals surface area contributed by atoms with Gasteiger partial charge in [0.15, 0.2) is 0 Å².